The molecule has 0 bridgehead atoms. The SMILES string of the molecule is Cc1cc(C)cc(C2CCCC2N)c1. The van der Waals surface area contributed by atoms with E-state index in [2.05, 4.69) is 32.0 Å². The van der Waals surface area contributed by atoms with Gasteiger partial charge in [0.25, 0.3) is 0 Å². The summed E-state index contributed by atoms with van der Waals surface area (Å²) in [6.07, 6.45) is 3.75. The van der Waals surface area contributed by atoms with Gasteiger partial charge in [-0.15, -0.1) is 0 Å². The van der Waals surface area contributed by atoms with Crippen molar-refractivity contribution in [2.45, 2.75) is 45.1 Å². The summed E-state index contributed by atoms with van der Waals surface area (Å²) in [7, 11) is 0. The van der Waals surface area contributed by atoms with E-state index in [9.17, 15) is 0 Å². The maximum absolute atomic E-state index is 6.11. The minimum absolute atomic E-state index is 0.385. The van der Waals surface area contributed by atoms with Crippen molar-refractivity contribution in [1.29, 1.82) is 0 Å². The maximum atomic E-state index is 6.11. The summed E-state index contributed by atoms with van der Waals surface area (Å²) in [5.74, 6) is 0.605. The molecule has 1 aliphatic rings. The van der Waals surface area contributed by atoms with Crippen LogP contribution in [0.2, 0.25) is 0 Å². The van der Waals surface area contributed by atoms with Gasteiger partial charge >= 0.3 is 0 Å². The molecule has 1 aliphatic carbocycles. The first kappa shape index (κ1) is 9.72. The molecule has 2 unspecified atom stereocenters. The maximum Gasteiger partial charge on any atom is 0.0108 e. The number of hydrogen-bond donors (Lipinski definition) is 1. The normalized spacial score (nSPS) is 26.8. The third kappa shape index (κ3) is 1.83. The van der Waals surface area contributed by atoms with E-state index in [0.29, 0.717) is 12.0 Å². The molecule has 0 aliphatic heterocycles. The molecular formula is C13H19N. The highest BCUT2D eigenvalue weighted by molar-refractivity contribution is 5.32. The molecule has 0 spiro atoms. The Morgan fingerprint density at radius 2 is 1.71 bits per heavy atom. The van der Waals surface area contributed by atoms with Crippen LogP contribution in [0.15, 0.2) is 18.2 Å². The standard InChI is InChI=1S/C13H19N/c1-9-6-10(2)8-11(7-9)12-4-3-5-13(12)14/h6-8,12-13H,3-5,14H2,1-2H3. The molecule has 1 heteroatoms. The fourth-order valence-corrected chi connectivity index (χ4v) is 2.63. The van der Waals surface area contributed by atoms with Gasteiger partial charge in [0.1, 0.15) is 0 Å². The van der Waals surface area contributed by atoms with E-state index in [4.69, 9.17) is 5.73 Å². The van der Waals surface area contributed by atoms with Crippen molar-refractivity contribution in [1.82, 2.24) is 0 Å². The predicted molar refractivity (Wildman–Crippen MR) is 60.5 cm³/mol. The summed E-state index contributed by atoms with van der Waals surface area (Å²) >= 11 is 0. The highest BCUT2D eigenvalue weighted by atomic mass is 14.7. The second kappa shape index (κ2) is 3.74. The molecule has 1 aromatic carbocycles. The Morgan fingerprint density at radius 3 is 2.21 bits per heavy atom. The van der Waals surface area contributed by atoms with Gasteiger partial charge in [0.05, 0.1) is 0 Å². The lowest BCUT2D eigenvalue weighted by molar-refractivity contribution is 0.612. The lowest BCUT2D eigenvalue weighted by Gasteiger charge is -2.16. The zero-order valence-electron chi connectivity index (χ0n) is 9.09. The van der Waals surface area contributed by atoms with Crippen LogP contribution >= 0.6 is 0 Å². The molecular weight excluding hydrogens is 170 g/mol. The second-order valence-corrected chi connectivity index (χ2v) is 4.62. The Bertz CT molecular complexity index is 310. The Kier molecular flexibility index (Phi) is 2.60. The molecule has 2 atom stereocenters. The molecule has 2 rings (SSSR count). The fourth-order valence-electron chi connectivity index (χ4n) is 2.63. The van der Waals surface area contributed by atoms with Crippen LogP contribution in [0.4, 0.5) is 0 Å². The van der Waals surface area contributed by atoms with Crippen molar-refractivity contribution in [3.63, 3.8) is 0 Å². The number of benzene rings is 1. The first-order valence-corrected chi connectivity index (χ1v) is 5.50. The molecule has 0 amide bonds. The molecule has 0 heterocycles. The minimum Gasteiger partial charge on any atom is -0.327 e. The second-order valence-electron chi connectivity index (χ2n) is 4.62. The highest BCUT2D eigenvalue weighted by Gasteiger charge is 2.25. The summed E-state index contributed by atoms with van der Waals surface area (Å²) in [5, 5.41) is 0. The Morgan fingerprint density at radius 1 is 1.07 bits per heavy atom. The van der Waals surface area contributed by atoms with Gasteiger partial charge in [-0.3, -0.25) is 0 Å². The van der Waals surface area contributed by atoms with Crippen LogP contribution in [0, 0.1) is 13.8 Å². The quantitative estimate of drug-likeness (QED) is 0.722. The molecule has 0 saturated heterocycles. The number of hydrogen-bond acceptors (Lipinski definition) is 1. The summed E-state index contributed by atoms with van der Waals surface area (Å²) in [6.45, 7) is 4.33. The average molecular weight is 189 g/mol. The van der Waals surface area contributed by atoms with Crippen LogP contribution in [0.25, 0.3) is 0 Å². The van der Waals surface area contributed by atoms with Crippen LogP contribution in [0.3, 0.4) is 0 Å². The first-order valence-electron chi connectivity index (χ1n) is 5.50. The van der Waals surface area contributed by atoms with E-state index < -0.39 is 0 Å². The van der Waals surface area contributed by atoms with Gasteiger partial charge in [0.2, 0.25) is 0 Å². The number of aryl methyl sites for hydroxylation is 2. The van der Waals surface area contributed by atoms with Gasteiger partial charge < -0.3 is 5.73 Å². The molecule has 14 heavy (non-hydrogen) atoms. The van der Waals surface area contributed by atoms with Crippen molar-refractivity contribution in [3.8, 4) is 0 Å². The largest absolute Gasteiger partial charge is 0.327 e. The van der Waals surface area contributed by atoms with E-state index in [1.54, 1.807) is 0 Å². The van der Waals surface area contributed by atoms with Gasteiger partial charge in [-0.1, -0.05) is 35.7 Å². The first-order chi connectivity index (χ1) is 6.66. The zero-order valence-corrected chi connectivity index (χ0v) is 9.09. The molecule has 1 saturated carbocycles. The third-order valence-corrected chi connectivity index (χ3v) is 3.24. The van der Waals surface area contributed by atoms with E-state index in [1.807, 2.05) is 0 Å². The third-order valence-electron chi connectivity index (χ3n) is 3.24. The van der Waals surface area contributed by atoms with Crippen molar-refractivity contribution < 1.29 is 0 Å². The van der Waals surface area contributed by atoms with Crippen molar-refractivity contribution in [2.24, 2.45) is 5.73 Å². The topological polar surface area (TPSA) is 26.0 Å². The molecule has 1 fully saturated rings. The predicted octanol–water partition coefficient (Wildman–Crippen LogP) is 2.90. The van der Waals surface area contributed by atoms with E-state index >= 15 is 0 Å². The Balaban J connectivity index is 2.31. The molecule has 0 aromatic heterocycles. The van der Waals surface area contributed by atoms with Crippen LogP contribution in [0.1, 0.15) is 41.9 Å². The lowest BCUT2D eigenvalue weighted by atomic mass is 9.92. The van der Waals surface area contributed by atoms with Crippen LogP contribution in [-0.2, 0) is 0 Å². The molecule has 0 radical (unpaired) electrons. The molecule has 1 nitrogen and oxygen atoms in total. The summed E-state index contributed by atoms with van der Waals surface area (Å²) < 4.78 is 0. The average Bonchev–Trinajstić information content (AvgIpc) is 2.49. The van der Waals surface area contributed by atoms with Crippen molar-refractivity contribution in [2.75, 3.05) is 0 Å². The monoisotopic (exact) mass is 189 g/mol. The van der Waals surface area contributed by atoms with Gasteiger partial charge in [0, 0.05) is 6.04 Å². The van der Waals surface area contributed by atoms with Gasteiger partial charge in [-0.05, 0) is 38.2 Å². The molecule has 2 N–H and O–H groups in total. The van der Waals surface area contributed by atoms with E-state index in [-0.39, 0.29) is 0 Å². The smallest absolute Gasteiger partial charge is 0.0108 e. The van der Waals surface area contributed by atoms with Crippen molar-refractivity contribution >= 4 is 0 Å². The molecule has 1 aromatic rings. The van der Waals surface area contributed by atoms with E-state index in [0.717, 1.165) is 0 Å². The van der Waals surface area contributed by atoms with Crippen LogP contribution in [-0.4, -0.2) is 6.04 Å². The summed E-state index contributed by atoms with van der Waals surface area (Å²) in [6, 6.07) is 7.20. The van der Waals surface area contributed by atoms with Crippen LogP contribution < -0.4 is 5.73 Å². The number of nitrogens with two attached hydrogens (primary N) is 1. The fraction of sp³-hybridized carbons (Fsp3) is 0.538. The van der Waals surface area contributed by atoms with Gasteiger partial charge in [0.15, 0.2) is 0 Å². The lowest BCUT2D eigenvalue weighted by Crippen LogP contribution is -2.22. The van der Waals surface area contributed by atoms with Crippen molar-refractivity contribution in [3.05, 3.63) is 34.9 Å². The molecule has 76 valence electrons. The Hall–Kier alpha value is -0.820. The van der Waals surface area contributed by atoms with Gasteiger partial charge in [-0.2, -0.15) is 0 Å². The summed E-state index contributed by atoms with van der Waals surface area (Å²) in [4.78, 5) is 0. The van der Waals surface area contributed by atoms with Crippen LogP contribution in [0.5, 0.6) is 0 Å². The Labute approximate surface area is 86.3 Å². The van der Waals surface area contributed by atoms with E-state index in [1.165, 1.54) is 36.0 Å². The number of rotatable bonds is 1. The van der Waals surface area contributed by atoms with Gasteiger partial charge in [-0.25, -0.2) is 0 Å². The highest BCUT2D eigenvalue weighted by Crippen LogP contribution is 2.33. The zero-order chi connectivity index (χ0) is 10.1. The minimum atomic E-state index is 0.385. The summed E-state index contributed by atoms with van der Waals surface area (Å²) in [5.41, 5.74) is 10.3.